The summed E-state index contributed by atoms with van der Waals surface area (Å²) >= 11 is 0. The Morgan fingerprint density at radius 3 is 2.23 bits per heavy atom. The zero-order valence-corrected chi connectivity index (χ0v) is 17.4. The lowest BCUT2D eigenvalue weighted by molar-refractivity contribution is 0.104. The van der Waals surface area contributed by atoms with E-state index < -0.39 is 16.1 Å². The molecule has 0 radical (unpaired) electrons. The summed E-state index contributed by atoms with van der Waals surface area (Å²) in [7, 11) is -4.06. The highest BCUT2D eigenvalue weighted by Crippen LogP contribution is 2.18. The van der Waals surface area contributed by atoms with E-state index in [1.807, 2.05) is 11.6 Å². The summed E-state index contributed by atoms with van der Waals surface area (Å²) in [6.07, 6.45) is 2.90. The van der Waals surface area contributed by atoms with Crippen molar-refractivity contribution in [3.05, 3.63) is 95.6 Å². The first-order chi connectivity index (χ1) is 14.7. The van der Waals surface area contributed by atoms with Gasteiger partial charge in [-0.15, -0.1) is 0 Å². The second-order valence-electron chi connectivity index (χ2n) is 6.71. The molecule has 7 nitrogen and oxygen atoms in total. The molecule has 0 heterocycles. The Bertz CT molecular complexity index is 1230. The van der Waals surface area contributed by atoms with Crippen LogP contribution in [0.5, 0.6) is 5.75 Å². The SMILES string of the molecule is Cc1ccc(S(=O)(=O)NC(=O)Nc2ccccc2C(=O)/C=C/c2ccc(O)cc2)cc1. The van der Waals surface area contributed by atoms with Crippen LogP contribution in [0.2, 0.25) is 0 Å². The Kier molecular flexibility index (Phi) is 6.52. The van der Waals surface area contributed by atoms with E-state index in [1.165, 1.54) is 42.5 Å². The molecule has 3 aromatic carbocycles. The Hall–Kier alpha value is -3.91. The molecule has 3 N–H and O–H groups in total. The third-order valence-corrected chi connectivity index (χ3v) is 5.67. The third kappa shape index (κ3) is 5.80. The molecule has 0 bridgehead atoms. The number of ketones is 1. The normalized spacial score (nSPS) is 11.3. The molecule has 0 fully saturated rings. The average Bonchev–Trinajstić information content (AvgIpc) is 2.73. The molecule has 0 aliphatic rings. The summed E-state index contributed by atoms with van der Waals surface area (Å²) in [4.78, 5) is 24.9. The van der Waals surface area contributed by atoms with Crippen LogP contribution in [0, 0.1) is 6.92 Å². The maximum absolute atomic E-state index is 12.6. The lowest BCUT2D eigenvalue weighted by Crippen LogP contribution is -2.34. The van der Waals surface area contributed by atoms with E-state index in [9.17, 15) is 23.1 Å². The number of amides is 2. The van der Waals surface area contributed by atoms with Crippen molar-refractivity contribution in [3.8, 4) is 5.75 Å². The minimum absolute atomic E-state index is 0.0468. The van der Waals surface area contributed by atoms with Gasteiger partial charge in [0.2, 0.25) is 0 Å². The number of rotatable bonds is 6. The van der Waals surface area contributed by atoms with Gasteiger partial charge in [-0.2, -0.15) is 0 Å². The molecule has 3 rings (SSSR count). The first kappa shape index (κ1) is 21.8. The molecule has 0 unspecified atom stereocenters. The van der Waals surface area contributed by atoms with E-state index in [0.717, 1.165) is 5.56 Å². The molecule has 3 aromatic rings. The molecule has 0 aliphatic carbocycles. The van der Waals surface area contributed by atoms with Gasteiger partial charge in [-0.05, 0) is 55.0 Å². The van der Waals surface area contributed by atoms with Gasteiger partial charge in [0.05, 0.1) is 10.6 Å². The summed E-state index contributed by atoms with van der Waals surface area (Å²) in [5.41, 5.74) is 1.95. The lowest BCUT2D eigenvalue weighted by Gasteiger charge is -2.11. The minimum atomic E-state index is -4.06. The van der Waals surface area contributed by atoms with E-state index in [0.29, 0.717) is 5.56 Å². The van der Waals surface area contributed by atoms with E-state index >= 15 is 0 Å². The van der Waals surface area contributed by atoms with Gasteiger partial charge >= 0.3 is 6.03 Å². The Labute approximate surface area is 180 Å². The number of carbonyl (C=O) groups excluding carboxylic acids is 2. The zero-order valence-electron chi connectivity index (χ0n) is 16.6. The van der Waals surface area contributed by atoms with E-state index in [4.69, 9.17) is 0 Å². The number of aryl methyl sites for hydroxylation is 1. The van der Waals surface area contributed by atoms with Gasteiger partial charge in [-0.1, -0.05) is 48.0 Å². The van der Waals surface area contributed by atoms with E-state index in [2.05, 4.69) is 5.32 Å². The van der Waals surface area contributed by atoms with Crippen molar-refractivity contribution in [1.82, 2.24) is 4.72 Å². The van der Waals surface area contributed by atoms with Gasteiger partial charge in [0.25, 0.3) is 10.0 Å². The first-order valence-corrected chi connectivity index (χ1v) is 10.7. The minimum Gasteiger partial charge on any atom is -0.508 e. The van der Waals surface area contributed by atoms with E-state index in [1.54, 1.807) is 42.5 Å². The quantitative estimate of drug-likeness (QED) is 0.398. The van der Waals surface area contributed by atoms with Crippen LogP contribution in [0.25, 0.3) is 6.08 Å². The number of allylic oxidation sites excluding steroid dienone is 1. The van der Waals surface area contributed by atoms with Crippen LogP contribution in [0.4, 0.5) is 10.5 Å². The molecule has 0 spiro atoms. The molecule has 0 saturated heterocycles. The standard InChI is InChI=1S/C23H20N2O5S/c1-16-6-13-19(14-7-16)31(29,30)25-23(28)24-21-5-3-2-4-20(21)22(27)15-10-17-8-11-18(26)12-9-17/h2-15,26H,1H3,(H2,24,25,28)/b15-10+. The van der Waals surface area contributed by atoms with Gasteiger partial charge in [-0.25, -0.2) is 17.9 Å². The van der Waals surface area contributed by atoms with Gasteiger partial charge in [0, 0.05) is 5.56 Å². The highest BCUT2D eigenvalue weighted by atomic mass is 32.2. The Morgan fingerprint density at radius 1 is 0.903 bits per heavy atom. The van der Waals surface area contributed by atoms with Crippen LogP contribution in [0.3, 0.4) is 0 Å². The number of benzene rings is 3. The Balaban J connectivity index is 1.73. The molecule has 8 heteroatoms. The molecule has 0 saturated carbocycles. The molecule has 0 aliphatic heterocycles. The lowest BCUT2D eigenvalue weighted by atomic mass is 10.1. The third-order valence-electron chi connectivity index (χ3n) is 4.32. The maximum Gasteiger partial charge on any atom is 0.333 e. The van der Waals surface area contributed by atoms with Crippen molar-refractivity contribution in [2.24, 2.45) is 0 Å². The number of hydrogen-bond donors (Lipinski definition) is 3. The number of para-hydroxylation sites is 1. The number of nitrogens with one attached hydrogen (secondary N) is 2. The van der Waals surface area contributed by atoms with Gasteiger partial charge in [0.15, 0.2) is 5.78 Å². The molecule has 0 atom stereocenters. The fourth-order valence-corrected chi connectivity index (χ4v) is 3.61. The number of carbonyl (C=O) groups is 2. The van der Waals surface area contributed by atoms with Crippen LogP contribution in [-0.4, -0.2) is 25.3 Å². The topological polar surface area (TPSA) is 113 Å². The molecule has 31 heavy (non-hydrogen) atoms. The van der Waals surface area contributed by atoms with Crippen molar-refractivity contribution in [2.75, 3.05) is 5.32 Å². The number of hydrogen-bond acceptors (Lipinski definition) is 5. The van der Waals surface area contributed by atoms with E-state index in [-0.39, 0.29) is 27.7 Å². The molecule has 2 amide bonds. The number of anilines is 1. The van der Waals surface area contributed by atoms with Crippen molar-refractivity contribution in [1.29, 1.82) is 0 Å². The molecule has 158 valence electrons. The molecular formula is C23H20N2O5S. The molecular weight excluding hydrogens is 416 g/mol. The fourth-order valence-electron chi connectivity index (χ4n) is 2.70. The smallest absolute Gasteiger partial charge is 0.333 e. The number of aromatic hydroxyl groups is 1. The summed E-state index contributed by atoms with van der Waals surface area (Å²) in [6.45, 7) is 1.82. The largest absolute Gasteiger partial charge is 0.508 e. The fraction of sp³-hybridized carbons (Fsp3) is 0.0435. The number of sulfonamides is 1. The highest BCUT2D eigenvalue weighted by Gasteiger charge is 2.19. The van der Waals surface area contributed by atoms with Crippen LogP contribution in [0.1, 0.15) is 21.5 Å². The van der Waals surface area contributed by atoms with Crippen molar-refractivity contribution in [2.45, 2.75) is 11.8 Å². The highest BCUT2D eigenvalue weighted by molar-refractivity contribution is 7.90. The monoisotopic (exact) mass is 436 g/mol. The number of phenols is 1. The summed E-state index contributed by atoms with van der Waals surface area (Å²) in [6, 6.07) is 17.6. The summed E-state index contributed by atoms with van der Waals surface area (Å²) < 4.78 is 26.7. The summed E-state index contributed by atoms with van der Waals surface area (Å²) in [5, 5.41) is 11.7. The second-order valence-corrected chi connectivity index (χ2v) is 8.39. The van der Waals surface area contributed by atoms with Gasteiger partial charge < -0.3 is 10.4 Å². The first-order valence-electron chi connectivity index (χ1n) is 9.25. The average molecular weight is 436 g/mol. The van der Waals surface area contributed by atoms with Gasteiger partial charge in [0.1, 0.15) is 5.75 Å². The van der Waals surface area contributed by atoms with Crippen LogP contribution >= 0.6 is 0 Å². The number of urea groups is 1. The second kappa shape index (κ2) is 9.27. The van der Waals surface area contributed by atoms with Crippen molar-refractivity contribution in [3.63, 3.8) is 0 Å². The zero-order chi connectivity index (χ0) is 22.4. The Morgan fingerprint density at radius 2 is 1.55 bits per heavy atom. The maximum atomic E-state index is 12.6. The number of phenolic OH excluding ortho intramolecular Hbond substituents is 1. The van der Waals surface area contributed by atoms with Crippen molar-refractivity contribution < 1.29 is 23.1 Å². The molecule has 0 aromatic heterocycles. The summed E-state index contributed by atoms with van der Waals surface area (Å²) in [5.74, 6) is -0.269. The van der Waals surface area contributed by atoms with Crippen LogP contribution in [-0.2, 0) is 10.0 Å². The predicted octanol–water partition coefficient (Wildman–Crippen LogP) is 4.11. The van der Waals surface area contributed by atoms with Crippen LogP contribution in [0.15, 0.2) is 83.8 Å². The van der Waals surface area contributed by atoms with Gasteiger partial charge in [-0.3, -0.25) is 4.79 Å². The predicted molar refractivity (Wildman–Crippen MR) is 118 cm³/mol. The van der Waals surface area contributed by atoms with Crippen LogP contribution < -0.4 is 10.0 Å². The van der Waals surface area contributed by atoms with Crippen molar-refractivity contribution >= 4 is 33.6 Å².